The first-order valence-corrected chi connectivity index (χ1v) is 10.4. The number of rotatable bonds is 5. The molecule has 1 aliphatic heterocycles. The summed E-state index contributed by atoms with van der Waals surface area (Å²) in [6.45, 7) is 5.59. The summed E-state index contributed by atoms with van der Waals surface area (Å²) in [5.74, 6) is 0.544. The van der Waals surface area contributed by atoms with Crippen LogP contribution in [0.5, 0.6) is 5.75 Å². The van der Waals surface area contributed by atoms with E-state index in [0.717, 1.165) is 17.9 Å². The summed E-state index contributed by atoms with van der Waals surface area (Å²) in [4.78, 5) is 17.8. The molecule has 1 aliphatic carbocycles. The molecule has 1 heterocycles. The molecule has 2 aromatic carbocycles. The molecular weight excluding hydrogens is 395 g/mol. The fourth-order valence-electron chi connectivity index (χ4n) is 3.63. The van der Waals surface area contributed by atoms with E-state index in [1.807, 2.05) is 36.9 Å². The Hall–Kier alpha value is -1.91. The summed E-state index contributed by atoms with van der Waals surface area (Å²) in [7, 11) is 0. The van der Waals surface area contributed by atoms with E-state index < -0.39 is 5.41 Å². The lowest BCUT2D eigenvalue weighted by molar-refractivity contribution is -0.128. The fourth-order valence-corrected chi connectivity index (χ4v) is 3.97. The normalized spacial score (nSPS) is 16.7. The summed E-state index contributed by atoms with van der Waals surface area (Å²) < 4.78 is 5.88. The summed E-state index contributed by atoms with van der Waals surface area (Å²) in [5, 5.41) is 1.03. The van der Waals surface area contributed by atoms with Gasteiger partial charge in [0.25, 0.3) is 0 Å². The Morgan fingerprint density at radius 3 is 2.54 bits per heavy atom. The number of hydrogen-bond acceptors (Lipinski definition) is 3. The van der Waals surface area contributed by atoms with Crippen LogP contribution < -0.4 is 14.5 Å². The van der Waals surface area contributed by atoms with Gasteiger partial charge < -0.3 is 14.5 Å². The molecule has 4 nitrogen and oxygen atoms in total. The van der Waals surface area contributed by atoms with Crippen molar-refractivity contribution in [2.75, 3.05) is 29.5 Å². The lowest BCUT2D eigenvalue weighted by Gasteiger charge is -2.40. The zero-order chi connectivity index (χ0) is 19.9. The predicted molar refractivity (Wildman–Crippen MR) is 115 cm³/mol. The first-order valence-electron chi connectivity index (χ1n) is 9.62. The van der Waals surface area contributed by atoms with E-state index in [-0.39, 0.29) is 12.5 Å². The average Bonchev–Trinajstić information content (AvgIpc) is 3.52. The first-order chi connectivity index (χ1) is 13.4. The highest BCUT2D eigenvalue weighted by molar-refractivity contribution is 6.34. The predicted octanol–water partition coefficient (Wildman–Crippen LogP) is 5.41. The Labute approximate surface area is 176 Å². The molecule has 2 aliphatic rings. The molecule has 0 unspecified atom stereocenters. The number of halogens is 2. The van der Waals surface area contributed by atoms with Gasteiger partial charge in [-0.05, 0) is 51.0 Å². The average molecular weight is 419 g/mol. The van der Waals surface area contributed by atoms with Crippen molar-refractivity contribution in [2.24, 2.45) is 5.41 Å². The van der Waals surface area contributed by atoms with Crippen molar-refractivity contribution in [3.63, 3.8) is 0 Å². The Morgan fingerprint density at radius 2 is 1.82 bits per heavy atom. The smallest absolute Gasteiger partial charge is 0.236 e. The van der Waals surface area contributed by atoms with Gasteiger partial charge in [0.2, 0.25) is 5.91 Å². The minimum absolute atomic E-state index is 0.0496. The Morgan fingerprint density at radius 1 is 1.11 bits per heavy atom. The molecule has 1 saturated carbocycles. The summed E-state index contributed by atoms with van der Waals surface area (Å²) in [6.07, 6.45) is 2.48. The van der Waals surface area contributed by atoms with Gasteiger partial charge >= 0.3 is 0 Å². The zero-order valence-electron chi connectivity index (χ0n) is 16.1. The van der Waals surface area contributed by atoms with Crippen LogP contribution in [0.25, 0.3) is 0 Å². The van der Waals surface area contributed by atoms with E-state index in [2.05, 4.69) is 11.0 Å². The molecule has 1 fully saturated rings. The van der Waals surface area contributed by atoms with Crippen LogP contribution in [-0.4, -0.2) is 31.6 Å². The van der Waals surface area contributed by atoms with E-state index >= 15 is 0 Å². The van der Waals surface area contributed by atoms with Gasteiger partial charge in [-0.3, -0.25) is 4.79 Å². The second-order valence-electron chi connectivity index (χ2n) is 8.12. The molecule has 1 amide bonds. The van der Waals surface area contributed by atoms with Crippen LogP contribution in [0.1, 0.15) is 26.7 Å². The van der Waals surface area contributed by atoms with Gasteiger partial charge in [0.15, 0.2) is 0 Å². The minimum Gasteiger partial charge on any atom is -0.491 e. The zero-order valence-corrected chi connectivity index (χ0v) is 17.6. The number of ether oxygens (including phenoxy) is 1. The van der Waals surface area contributed by atoms with E-state index in [1.165, 1.54) is 12.8 Å². The Balaban J connectivity index is 1.52. The molecule has 6 heteroatoms. The monoisotopic (exact) mass is 418 g/mol. The van der Waals surface area contributed by atoms with Crippen LogP contribution in [0.3, 0.4) is 0 Å². The van der Waals surface area contributed by atoms with Crippen molar-refractivity contribution < 1.29 is 9.53 Å². The molecule has 0 spiro atoms. The number of nitrogens with zero attached hydrogens (tertiary/aromatic N) is 2. The quantitative estimate of drug-likeness (QED) is 0.649. The number of fused-ring (bicyclic) bond motifs is 1. The number of para-hydroxylation sites is 2. The van der Waals surface area contributed by atoms with Crippen LogP contribution in [0.15, 0.2) is 42.5 Å². The van der Waals surface area contributed by atoms with Crippen molar-refractivity contribution >= 4 is 40.5 Å². The molecule has 148 valence electrons. The van der Waals surface area contributed by atoms with E-state index in [9.17, 15) is 4.79 Å². The van der Waals surface area contributed by atoms with Crippen molar-refractivity contribution in [3.8, 4) is 5.75 Å². The highest BCUT2D eigenvalue weighted by Gasteiger charge is 2.39. The van der Waals surface area contributed by atoms with Crippen molar-refractivity contribution in [1.82, 2.24) is 0 Å². The molecule has 0 bridgehead atoms. The van der Waals surface area contributed by atoms with E-state index in [4.69, 9.17) is 27.9 Å². The van der Waals surface area contributed by atoms with Gasteiger partial charge in [0.1, 0.15) is 12.4 Å². The van der Waals surface area contributed by atoms with Crippen molar-refractivity contribution in [3.05, 3.63) is 52.5 Å². The van der Waals surface area contributed by atoms with Crippen LogP contribution in [0, 0.1) is 5.41 Å². The van der Waals surface area contributed by atoms with E-state index in [0.29, 0.717) is 28.4 Å². The summed E-state index contributed by atoms with van der Waals surface area (Å²) >= 11 is 12.2. The lowest BCUT2D eigenvalue weighted by Crippen LogP contribution is -2.50. The number of carbonyl (C=O) groups excluding carboxylic acids is 1. The van der Waals surface area contributed by atoms with Crippen LogP contribution in [-0.2, 0) is 4.79 Å². The molecular formula is C22H24Cl2N2O2. The maximum atomic E-state index is 13.4. The van der Waals surface area contributed by atoms with Gasteiger partial charge in [0.05, 0.1) is 21.8 Å². The molecule has 2 aromatic rings. The molecule has 28 heavy (non-hydrogen) atoms. The minimum atomic E-state index is -0.708. The largest absolute Gasteiger partial charge is 0.491 e. The maximum absolute atomic E-state index is 13.4. The number of hydrogen-bond donors (Lipinski definition) is 0. The van der Waals surface area contributed by atoms with Gasteiger partial charge in [-0.1, -0.05) is 35.3 Å². The highest BCUT2D eigenvalue weighted by atomic mass is 35.5. The molecule has 4 rings (SSSR count). The second-order valence-corrected chi connectivity index (χ2v) is 8.96. The lowest BCUT2D eigenvalue weighted by atomic mass is 9.91. The third kappa shape index (κ3) is 3.81. The fraction of sp³-hybridized carbons (Fsp3) is 0.409. The SMILES string of the molecule is CC(C)(COc1cc(Cl)ccc1Cl)C(=O)N1CCN(C2CC2)c2ccccc21. The van der Waals surface area contributed by atoms with Crippen LogP contribution in [0.2, 0.25) is 10.0 Å². The third-order valence-corrected chi connectivity index (χ3v) is 5.89. The van der Waals surface area contributed by atoms with Crippen molar-refractivity contribution in [1.29, 1.82) is 0 Å². The van der Waals surface area contributed by atoms with Crippen LogP contribution >= 0.6 is 23.2 Å². The Kier molecular flexibility index (Phi) is 5.19. The topological polar surface area (TPSA) is 32.8 Å². The maximum Gasteiger partial charge on any atom is 0.236 e. The number of benzene rings is 2. The van der Waals surface area contributed by atoms with Crippen molar-refractivity contribution in [2.45, 2.75) is 32.7 Å². The van der Waals surface area contributed by atoms with E-state index in [1.54, 1.807) is 18.2 Å². The molecule has 0 saturated heterocycles. The van der Waals surface area contributed by atoms with Gasteiger partial charge in [-0.2, -0.15) is 0 Å². The Bertz CT molecular complexity index is 896. The molecule has 0 atom stereocenters. The summed E-state index contributed by atoms with van der Waals surface area (Å²) in [6, 6.07) is 13.9. The highest BCUT2D eigenvalue weighted by Crippen LogP contribution is 2.41. The summed E-state index contributed by atoms with van der Waals surface area (Å²) in [5.41, 5.74) is 1.43. The van der Waals surface area contributed by atoms with Gasteiger partial charge in [-0.25, -0.2) is 0 Å². The second kappa shape index (κ2) is 7.49. The number of carbonyl (C=O) groups is 1. The molecule has 0 N–H and O–H groups in total. The molecule has 0 aromatic heterocycles. The van der Waals surface area contributed by atoms with Gasteiger partial charge in [-0.15, -0.1) is 0 Å². The standard InChI is InChI=1S/C22H24Cl2N2O2/c1-22(2,14-28-20-13-15(23)7-10-17(20)24)21(27)26-12-11-25(16-8-9-16)18-5-3-4-6-19(18)26/h3-7,10,13,16H,8-9,11-12,14H2,1-2H3. The van der Waals surface area contributed by atoms with Crippen LogP contribution in [0.4, 0.5) is 11.4 Å². The van der Waals surface area contributed by atoms with Gasteiger partial charge in [0, 0.05) is 30.2 Å². The molecule has 0 radical (unpaired) electrons. The number of amides is 1. The third-order valence-electron chi connectivity index (χ3n) is 5.34. The number of anilines is 2. The first kappa shape index (κ1) is 19.4.